The molecule has 5 nitrogen and oxygen atoms in total. The van der Waals surface area contributed by atoms with Gasteiger partial charge < -0.3 is 19.5 Å². The van der Waals surface area contributed by atoms with E-state index in [9.17, 15) is 4.79 Å². The highest BCUT2D eigenvalue weighted by Gasteiger charge is 2.19. The number of ether oxygens (including phenoxy) is 3. The Balaban J connectivity index is 2.24. The van der Waals surface area contributed by atoms with Crippen molar-refractivity contribution < 1.29 is 19.0 Å². The lowest BCUT2D eigenvalue weighted by Gasteiger charge is -2.16. The molecule has 0 bridgehead atoms. The fraction of sp³-hybridized carbons (Fsp3) is 0.235. The molecule has 122 valence electrons. The summed E-state index contributed by atoms with van der Waals surface area (Å²) in [7, 11) is 4.54. The first kappa shape index (κ1) is 17.0. The van der Waals surface area contributed by atoms with Crippen LogP contribution in [0.25, 0.3) is 0 Å². The Morgan fingerprint density at radius 1 is 1.00 bits per heavy atom. The molecule has 0 saturated carbocycles. The van der Waals surface area contributed by atoms with Crippen LogP contribution >= 0.6 is 11.6 Å². The Kier molecular flexibility index (Phi) is 5.71. The second-order valence-corrected chi connectivity index (χ2v) is 5.11. The molecule has 23 heavy (non-hydrogen) atoms. The first-order chi connectivity index (χ1) is 11.1. The van der Waals surface area contributed by atoms with Crippen LogP contribution in [0, 0.1) is 0 Å². The van der Waals surface area contributed by atoms with Crippen molar-refractivity contribution in [1.82, 2.24) is 0 Å². The minimum Gasteiger partial charge on any atom is -0.493 e. The van der Waals surface area contributed by atoms with Crippen LogP contribution in [-0.4, -0.2) is 27.2 Å². The van der Waals surface area contributed by atoms with E-state index in [0.29, 0.717) is 22.9 Å². The quantitative estimate of drug-likeness (QED) is 0.819. The largest absolute Gasteiger partial charge is 0.493 e. The van der Waals surface area contributed by atoms with Crippen molar-refractivity contribution in [2.24, 2.45) is 0 Å². The number of rotatable bonds is 6. The van der Waals surface area contributed by atoms with Crippen LogP contribution in [-0.2, 0) is 4.79 Å². The highest BCUT2D eigenvalue weighted by molar-refractivity contribution is 6.32. The molecule has 6 heteroatoms. The molecule has 1 amide bonds. The molecular formula is C17H18ClNO4. The lowest BCUT2D eigenvalue weighted by atomic mass is 10.1. The number of hydrogen-bond donors (Lipinski definition) is 1. The van der Waals surface area contributed by atoms with Crippen LogP contribution in [0.15, 0.2) is 42.5 Å². The summed E-state index contributed by atoms with van der Waals surface area (Å²) in [6.07, 6.45) is 0. The molecular weight excluding hydrogens is 318 g/mol. The third kappa shape index (κ3) is 3.87. The molecule has 1 atom stereocenters. The van der Waals surface area contributed by atoms with E-state index in [0.717, 1.165) is 5.56 Å². The van der Waals surface area contributed by atoms with Gasteiger partial charge in [0.25, 0.3) is 0 Å². The van der Waals surface area contributed by atoms with E-state index in [2.05, 4.69) is 5.32 Å². The molecule has 0 aliphatic heterocycles. The Labute approximate surface area is 140 Å². The number of carbonyl (C=O) groups is 1. The summed E-state index contributed by atoms with van der Waals surface area (Å²) < 4.78 is 15.8. The maximum absolute atomic E-state index is 12.3. The zero-order valence-corrected chi connectivity index (χ0v) is 13.9. The number of hydrogen-bond acceptors (Lipinski definition) is 4. The lowest BCUT2D eigenvalue weighted by molar-refractivity contribution is -0.116. The second kappa shape index (κ2) is 7.74. The van der Waals surface area contributed by atoms with Crippen LogP contribution in [0.1, 0.15) is 10.9 Å². The third-order valence-corrected chi connectivity index (χ3v) is 3.70. The summed E-state index contributed by atoms with van der Waals surface area (Å²) in [5.41, 5.74) is 1.23. The molecule has 2 aromatic rings. The van der Waals surface area contributed by atoms with Crippen molar-refractivity contribution in [2.75, 3.05) is 26.6 Å². The van der Waals surface area contributed by atoms with Gasteiger partial charge in [0.15, 0.2) is 11.5 Å². The summed E-state index contributed by atoms with van der Waals surface area (Å²) in [6.45, 7) is 0. The number of carbonyl (C=O) groups excluding carboxylic acids is 1. The van der Waals surface area contributed by atoms with E-state index in [-0.39, 0.29) is 5.91 Å². The number of anilines is 1. The third-order valence-electron chi connectivity index (χ3n) is 3.25. The predicted molar refractivity (Wildman–Crippen MR) is 89.8 cm³/mol. The number of amides is 1. The van der Waals surface area contributed by atoms with Gasteiger partial charge in [-0.05, 0) is 5.56 Å². The molecule has 0 radical (unpaired) electrons. The summed E-state index contributed by atoms with van der Waals surface area (Å²) in [5.74, 6) is 1.02. The SMILES string of the molecule is COc1cc(NC(=O)C(Cl)c2ccccc2)cc(OC)c1OC. The summed E-state index contributed by atoms with van der Waals surface area (Å²) >= 11 is 6.21. The van der Waals surface area contributed by atoms with Crippen molar-refractivity contribution in [3.05, 3.63) is 48.0 Å². The summed E-state index contributed by atoms with van der Waals surface area (Å²) in [5, 5.41) is 1.96. The monoisotopic (exact) mass is 335 g/mol. The van der Waals surface area contributed by atoms with Gasteiger partial charge in [-0.2, -0.15) is 0 Å². The summed E-state index contributed by atoms with van der Waals surface area (Å²) in [4.78, 5) is 12.3. The number of nitrogens with one attached hydrogen (secondary N) is 1. The van der Waals surface area contributed by atoms with Crippen LogP contribution < -0.4 is 19.5 Å². The lowest BCUT2D eigenvalue weighted by Crippen LogP contribution is -2.17. The molecule has 1 unspecified atom stereocenters. The smallest absolute Gasteiger partial charge is 0.246 e. The van der Waals surface area contributed by atoms with Gasteiger partial charge in [-0.25, -0.2) is 0 Å². The van der Waals surface area contributed by atoms with E-state index >= 15 is 0 Å². The molecule has 2 rings (SSSR count). The first-order valence-corrected chi connectivity index (χ1v) is 7.34. The predicted octanol–water partition coefficient (Wildman–Crippen LogP) is 3.63. The molecule has 1 N–H and O–H groups in total. The zero-order chi connectivity index (χ0) is 16.8. The minimum absolute atomic E-state index is 0.341. The molecule has 0 aliphatic carbocycles. The molecule has 0 fully saturated rings. The molecule has 0 aliphatic rings. The van der Waals surface area contributed by atoms with Gasteiger partial charge in [-0.1, -0.05) is 30.3 Å². The van der Waals surface area contributed by atoms with E-state index in [1.54, 1.807) is 24.3 Å². The van der Waals surface area contributed by atoms with Gasteiger partial charge in [0.2, 0.25) is 11.7 Å². The standard InChI is InChI=1S/C17H18ClNO4/c1-21-13-9-12(10-14(22-2)16(13)23-3)19-17(20)15(18)11-7-5-4-6-8-11/h4-10,15H,1-3H3,(H,19,20). The maximum atomic E-state index is 12.3. The molecule has 0 aromatic heterocycles. The second-order valence-electron chi connectivity index (χ2n) is 4.68. The van der Waals surface area contributed by atoms with Gasteiger partial charge >= 0.3 is 0 Å². The average Bonchev–Trinajstić information content (AvgIpc) is 2.60. The van der Waals surface area contributed by atoms with Crippen LogP contribution in [0.2, 0.25) is 0 Å². The average molecular weight is 336 g/mol. The van der Waals surface area contributed by atoms with Gasteiger partial charge in [-0.15, -0.1) is 11.6 Å². The molecule has 0 spiro atoms. The fourth-order valence-electron chi connectivity index (χ4n) is 2.13. The Morgan fingerprint density at radius 2 is 1.57 bits per heavy atom. The normalized spacial score (nSPS) is 11.5. The van der Waals surface area contributed by atoms with Crippen molar-refractivity contribution in [2.45, 2.75) is 5.38 Å². The zero-order valence-electron chi connectivity index (χ0n) is 13.1. The van der Waals surface area contributed by atoms with Crippen molar-refractivity contribution >= 4 is 23.2 Å². The fourth-order valence-corrected chi connectivity index (χ4v) is 2.33. The topological polar surface area (TPSA) is 56.8 Å². The highest BCUT2D eigenvalue weighted by atomic mass is 35.5. The van der Waals surface area contributed by atoms with Crippen LogP contribution in [0.3, 0.4) is 0 Å². The van der Waals surface area contributed by atoms with Crippen molar-refractivity contribution in [1.29, 1.82) is 0 Å². The van der Waals surface area contributed by atoms with Gasteiger partial charge in [-0.3, -0.25) is 4.79 Å². The van der Waals surface area contributed by atoms with Gasteiger partial charge in [0.05, 0.1) is 21.3 Å². The number of halogens is 1. The van der Waals surface area contributed by atoms with Crippen LogP contribution in [0.5, 0.6) is 17.2 Å². The molecule has 0 heterocycles. The van der Waals surface area contributed by atoms with Crippen molar-refractivity contribution in [3.8, 4) is 17.2 Å². The highest BCUT2D eigenvalue weighted by Crippen LogP contribution is 2.40. The molecule has 0 saturated heterocycles. The Hall–Kier alpha value is -2.40. The Bertz CT molecular complexity index is 651. The summed E-state index contributed by atoms with van der Waals surface area (Å²) in [6, 6.07) is 12.4. The number of methoxy groups -OCH3 is 3. The number of benzene rings is 2. The molecule has 2 aromatic carbocycles. The van der Waals surface area contributed by atoms with Crippen LogP contribution in [0.4, 0.5) is 5.69 Å². The minimum atomic E-state index is -0.796. The van der Waals surface area contributed by atoms with Gasteiger partial charge in [0.1, 0.15) is 5.38 Å². The van der Waals surface area contributed by atoms with Crippen molar-refractivity contribution in [3.63, 3.8) is 0 Å². The van der Waals surface area contributed by atoms with E-state index in [1.165, 1.54) is 21.3 Å². The van der Waals surface area contributed by atoms with Gasteiger partial charge in [0, 0.05) is 17.8 Å². The maximum Gasteiger partial charge on any atom is 0.246 e. The van der Waals surface area contributed by atoms with E-state index in [1.807, 2.05) is 18.2 Å². The first-order valence-electron chi connectivity index (χ1n) is 6.90. The number of alkyl halides is 1. The van der Waals surface area contributed by atoms with E-state index < -0.39 is 5.38 Å². The Morgan fingerprint density at radius 3 is 2.04 bits per heavy atom. The van der Waals surface area contributed by atoms with E-state index in [4.69, 9.17) is 25.8 Å².